The van der Waals surface area contributed by atoms with Crippen LogP contribution in [-0.4, -0.2) is 40.2 Å². The second kappa shape index (κ2) is 10.2. The van der Waals surface area contributed by atoms with Crippen molar-refractivity contribution < 1.29 is 9.53 Å². The number of aromatic nitrogens is 3. The second-order valence-electron chi connectivity index (χ2n) is 9.03. The molecule has 1 N–H and O–H groups in total. The number of nitrogens with zero attached hydrogens (tertiary/aromatic N) is 4. The van der Waals surface area contributed by atoms with E-state index in [-0.39, 0.29) is 11.8 Å². The fourth-order valence-electron chi connectivity index (χ4n) is 4.57. The number of hydrogen-bond donors (Lipinski definition) is 1. The van der Waals surface area contributed by atoms with Crippen LogP contribution in [0.5, 0.6) is 5.75 Å². The van der Waals surface area contributed by atoms with Crippen molar-refractivity contribution in [2.24, 2.45) is 5.92 Å². The molecule has 5 rings (SSSR count). The Morgan fingerprint density at radius 1 is 1.09 bits per heavy atom. The van der Waals surface area contributed by atoms with Gasteiger partial charge in [-0.2, -0.15) is 5.10 Å². The molecule has 7 nitrogen and oxygen atoms in total. The molecule has 0 atom stereocenters. The number of anilines is 1. The van der Waals surface area contributed by atoms with Crippen molar-refractivity contribution in [2.45, 2.75) is 33.2 Å². The quantitative estimate of drug-likeness (QED) is 0.427. The topological polar surface area (TPSA) is 71.8 Å². The molecule has 4 aromatic rings. The standard InChI is InChI=1S/C28H31N5O2/c1-3-35-24-10-8-22(9-11-24)25-18-26-27(29-14-17-33(26)31-25)32-15-12-23(13-16-32)28(34)30-19-21-6-4-20(2)5-7-21/h4-11,14,17-18,23H,3,12-13,15-16,19H2,1-2H3,(H,30,34). The normalized spacial score (nSPS) is 14.3. The molecule has 2 aromatic heterocycles. The highest BCUT2D eigenvalue weighted by atomic mass is 16.5. The summed E-state index contributed by atoms with van der Waals surface area (Å²) in [7, 11) is 0. The largest absolute Gasteiger partial charge is 0.494 e. The monoisotopic (exact) mass is 469 g/mol. The number of piperidine rings is 1. The molecule has 0 bridgehead atoms. The highest BCUT2D eigenvalue weighted by molar-refractivity contribution is 5.79. The zero-order valence-electron chi connectivity index (χ0n) is 20.3. The Morgan fingerprint density at radius 2 is 1.83 bits per heavy atom. The van der Waals surface area contributed by atoms with E-state index < -0.39 is 0 Å². The van der Waals surface area contributed by atoms with Gasteiger partial charge in [0.2, 0.25) is 5.91 Å². The summed E-state index contributed by atoms with van der Waals surface area (Å²) in [4.78, 5) is 19.7. The van der Waals surface area contributed by atoms with E-state index in [1.54, 1.807) is 6.20 Å². The van der Waals surface area contributed by atoms with Gasteiger partial charge in [-0.15, -0.1) is 0 Å². The van der Waals surface area contributed by atoms with Crippen LogP contribution in [0.2, 0.25) is 0 Å². The van der Waals surface area contributed by atoms with Crippen LogP contribution in [0.4, 0.5) is 5.82 Å². The molecule has 0 aliphatic carbocycles. The predicted octanol–water partition coefficient (Wildman–Crippen LogP) is 4.64. The predicted molar refractivity (Wildman–Crippen MR) is 138 cm³/mol. The minimum atomic E-state index is 0.0285. The average molecular weight is 470 g/mol. The first-order valence-electron chi connectivity index (χ1n) is 12.3. The molecular weight excluding hydrogens is 438 g/mol. The van der Waals surface area contributed by atoms with E-state index in [1.807, 2.05) is 41.9 Å². The van der Waals surface area contributed by atoms with E-state index in [9.17, 15) is 4.79 Å². The lowest BCUT2D eigenvalue weighted by atomic mass is 9.95. The van der Waals surface area contributed by atoms with Gasteiger partial charge in [-0.3, -0.25) is 4.79 Å². The molecule has 3 heterocycles. The summed E-state index contributed by atoms with van der Waals surface area (Å²) >= 11 is 0. The van der Waals surface area contributed by atoms with Crippen LogP contribution in [0.1, 0.15) is 30.9 Å². The Bertz CT molecular complexity index is 1290. The van der Waals surface area contributed by atoms with E-state index in [0.29, 0.717) is 13.2 Å². The van der Waals surface area contributed by atoms with Crippen LogP contribution < -0.4 is 15.0 Å². The number of nitrogens with one attached hydrogen (secondary N) is 1. The van der Waals surface area contributed by atoms with E-state index in [0.717, 1.165) is 59.8 Å². The van der Waals surface area contributed by atoms with Gasteiger partial charge in [-0.1, -0.05) is 29.8 Å². The van der Waals surface area contributed by atoms with Crippen molar-refractivity contribution in [3.63, 3.8) is 0 Å². The Labute approximate surface area is 205 Å². The molecule has 1 fully saturated rings. The third-order valence-corrected chi connectivity index (χ3v) is 6.58. The molecule has 1 aliphatic rings. The number of rotatable bonds is 7. The number of ether oxygens (including phenoxy) is 1. The van der Waals surface area contributed by atoms with Crippen molar-refractivity contribution in [3.8, 4) is 17.0 Å². The lowest BCUT2D eigenvalue weighted by Crippen LogP contribution is -2.40. The molecule has 0 unspecified atom stereocenters. The second-order valence-corrected chi connectivity index (χ2v) is 9.03. The fourth-order valence-corrected chi connectivity index (χ4v) is 4.57. The number of fused-ring (bicyclic) bond motifs is 1. The summed E-state index contributed by atoms with van der Waals surface area (Å²) < 4.78 is 7.43. The third-order valence-electron chi connectivity index (χ3n) is 6.58. The molecule has 35 heavy (non-hydrogen) atoms. The summed E-state index contributed by atoms with van der Waals surface area (Å²) in [6.45, 7) is 6.84. The highest BCUT2D eigenvalue weighted by Crippen LogP contribution is 2.29. The number of carbonyl (C=O) groups is 1. The van der Waals surface area contributed by atoms with Crippen LogP contribution in [-0.2, 0) is 11.3 Å². The zero-order chi connectivity index (χ0) is 24.2. The maximum Gasteiger partial charge on any atom is 0.223 e. The maximum absolute atomic E-state index is 12.8. The van der Waals surface area contributed by atoms with Crippen molar-refractivity contribution in [1.29, 1.82) is 0 Å². The van der Waals surface area contributed by atoms with E-state index in [2.05, 4.69) is 52.5 Å². The number of carbonyl (C=O) groups excluding carboxylic acids is 1. The van der Waals surface area contributed by atoms with E-state index >= 15 is 0 Å². The smallest absolute Gasteiger partial charge is 0.223 e. The molecule has 1 amide bonds. The van der Waals surface area contributed by atoms with Gasteiger partial charge < -0.3 is 15.0 Å². The van der Waals surface area contributed by atoms with Crippen LogP contribution in [0.3, 0.4) is 0 Å². The Kier molecular flexibility index (Phi) is 6.66. The molecular formula is C28H31N5O2. The highest BCUT2D eigenvalue weighted by Gasteiger charge is 2.26. The minimum absolute atomic E-state index is 0.0285. The first kappa shape index (κ1) is 22.9. The summed E-state index contributed by atoms with van der Waals surface area (Å²) in [6, 6.07) is 18.4. The number of benzene rings is 2. The van der Waals surface area contributed by atoms with Gasteiger partial charge in [-0.05, 0) is 62.6 Å². The van der Waals surface area contributed by atoms with Gasteiger partial charge in [-0.25, -0.2) is 9.50 Å². The Hall–Kier alpha value is -3.87. The van der Waals surface area contributed by atoms with Gasteiger partial charge in [0.15, 0.2) is 5.82 Å². The number of aryl methyl sites for hydroxylation is 1. The van der Waals surface area contributed by atoms with Crippen LogP contribution in [0, 0.1) is 12.8 Å². The van der Waals surface area contributed by atoms with Gasteiger partial charge in [0, 0.05) is 43.5 Å². The summed E-state index contributed by atoms with van der Waals surface area (Å²) in [5.41, 5.74) is 5.25. The third kappa shape index (κ3) is 5.14. The fraction of sp³-hybridized carbons (Fsp3) is 0.321. The number of hydrogen-bond acceptors (Lipinski definition) is 5. The van der Waals surface area contributed by atoms with Crippen molar-refractivity contribution in [3.05, 3.63) is 78.1 Å². The van der Waals surface area contributed by atoms with E-state index in [1.165, 1.54) is 5.56 Å². The molecule has 1 saturated heterocycles. The average Bonchev–Trinajstić information content (AvgIpc) is 3.33. The van der Waals surface area contributed by atoms with Crippen molar-refractivity contribution >= 4 is 17.2 Å². The van der Waals surface area contributed by atoms with Gasteiger partial charge in [0.1, 0.15) is 11.3 Å². The first-order valence-corrected chi connectivity index (χ1v) is 12.3. The Balaban J connectivity index is 1.24. The SMILES string of the molecule is CCOc1ccc(-c2cc3c(N4CCC(C(=O)NCc5ccc(C)cc5)CC4)nccn3n2)cc1. The van der Waals surface area contributed by atoms with E-state index in [4.69, 9.17) is 9.84 Å². The first-order chi connectivity index (χ1) is 17.1. The van der Waals surface area contributed by atoms with Crippen molar-refractivity contribution in [1.82, 2.24) is 19.9 Å². The molecule has 1 aliphatic heterocycles. The molecule has 0 spiro atoms. The lowest BCUT2D eigenvalue weighted by Gasteiger charge is -2.32. The van der Waals surface area contributed by atoms with Crippen molar-refractivity contribution in [2.75, 3.05) is 24.6 Å². The maximum atomic E-state index is 12.8. The van der Waals surface area contributed by atoms with Crippen LogP contribution in [0.25, 0.3) is 16.8 Å². The van der Waals surface area contributed by atoms with Gasteiger partial charge >= 0.3 is 0 Å². The zero-order valence-corrected chi connectivity index (χ0v) is 20.3. The summed E-state index contributed by atoms with van der Waals surface area (Å²) in [6.07, 6.45) is 5.28. The Morgan fingerprint density at radius 3 is 2.54 bits per heavy atom. The summed E-state index contributed by atoms with van der Waals surface area (Å²) in [5.74, 6) is 1.93. The van der Waals surface area contributed by atoms with Gasteiger partial charge in [0.25, 0.3) is 0 Å². The minimum Gasteiger partial charge on any atom is -0.494 e. The molecule has 7 heteroatoms. The number of amides is 1. The summed E-state index contributed by atoms with van der Waals surface area (Å²) in [5, 5.41) is 7.87. The molecule has 0 saturated carbocycles. The van der Waals surface area contributed by atoms with Crippen LogP contribution >= 0.6 is 0 Å². The van der Waals surface area contributed by atoms with Gasteiger partial charge in [0.05, 0.1) is 12.3 Å². The molecule has 180 valence electrons. The molecule has 2 aromatic carbocycles. The van der Waals surface area contributed by atoms with Crippen LogP contribution in [0.15, 0.2) is 67.0 Å². The lowest BCUT2D eigenvalue weighted by molar-refractivity contribution is -0.125. The molecule has 0 radical (unpaired) electrons.